The van der Waals surface area contributed by atoms with Gasteiger partial charge in [0.1, 0.15) is 5.75 Å². The van der Waals surface area contributed by atoms with Gasteiger partial charge in [0.05, 0.1) is 30.3 Å². The Morgan fingerprint density at radius 1 is 1.29 bits per heavy atom. The van der Waals surface area contributed by atoms with Crippen LogP contribution in [-0.2, 0) is 6.54 Å². The Hall–Kier alpha value is -2.96. The Balaban J connectivity index is 2.33. The molecule has 0 spiro atoms. The van der Waals surface area contributed by atoms with E-state index in [1.165, 1.54) is 7.11 Å². The molecule has 7 nitrogen and oxygen atoms in total. The molecule has 0 aliphatic rings. The van der Waals surface area contributed by atoms with Crippen LogP contribution in [0.3, 0.4) is 0 Å². The number of nitrogens with zero attached hydrogens (tertiary/aromatic N) is 2. The molecule has 0 aliphatic carbocycles. The first kappa shape index (κ1) is 14.4. The third kappa shape index (κ3) is 3.14. The molecule has 2 rings (SSSR count). The molecule has 0 fully saturated rings. The average Bonchev–Trinajstić information content (AvgIpc) is 2.49. The van der Waals surface area contributed by atoms with Crippen LogP contribution >= 0.6 is 0 Å². The predicted octanol–water partition coefficient (Wildman–Crippen LogP) is 1.65. The quantitative estimate of drug-likeness (QED) is 0.474. The van der Waals surface area contributed by atoms with Crippen molar-refractivity contribution < 1.29 is 14.5 Å². The molecule has 21 heavy (non-hydrogen) atoms. The Kier molecular flexibility index (Phi) is 4.13. The van der Waals surface area contributed by atoms with Crippen molar-refractivity contribution in [3.05, 3.63) is 68.6 Å². The second kappa shape index (κ2) is 6.00. The average molecular weight is 288 g/mol. The van der Waals surface area contributed by atoms with Crippen LogP contribution in [0.5, 0.6) is 5.75 Å². The summed E-state index contributed by atoms with van der Waals surface area (Å²) in [5.74, 6) is 0.0241. The fourth-order valence-corrected chi connectivity index (χ4v) is 1.87. The van der Waals surface area contributed by atoms with Gasteiger partial charge in [-0.25, -0.2) is 0 Å². The lowest BCUT2D eigenvalue weighted by atomic mass is 10.1. The van der Waals surface area contributed by atoms with E-state index in [4.69, 9.17) is 4.74 Å². The van der Waals surface area contributed by atoms with Crippen molar-refractivity contribution in [3.8, 4) is 5.75 Å². The highest BCUT2D eigenvalue weighted by atomic mass is 16.6. The predicted molar refractivity (Wildman–Crippen MR) is 74.7 cm³/mol. The number of methoxy groups -OCH3 is 1. The van der Waals surface area contributed by atoms with Crippen LogP contribution in [0.2, 0.25) is 0 Å². The van der Waals surface area contributed by atoms with Crippen LogP contribution in [0, 0.1) is 10.1 Å². The molecule has 0 saturated heterocycles. The minimum atomic E-state index is -0.622. The van der Waals surface area contributed by atoms with Crippen molar-refractivity contribution >= 4 is 11.5 Å². The first-order chi connectivity index (χ1) is 10.0. The fourth-order valence-electron chi connectivity index (χ4n) is 1.87. The van der Waals surface area contributed by atoms with Crippen LogP contribution in [0.1, 0.15) is 10.4 Å². The fraction of sp³-hybridized carbons (Fsp3) is 0.143. The van der Waals surface area contributed by atoms with E-state index in [1.54, 1.807) is 24.3 Å². The highest BCUT2D eigenvalue weighted by molar-refractivity contribution is 5.98. The van der Waals surface area contributed by atoms with E-state index >= 15 is 0 Å². The van der Waals surface area contributed by atoms with Crippen molar-refractivity contribution in [2.45, 2.75) is 6.54 Å². The number of ether oxygens (including phenoxy) is 1. The van der Waals surface area contributed by atoms with E-state index in [9.17, 15) is 19.7 Å². The smallest absolute Gasteiger partial charge is 0.285 e. The van der Waals surface area contributed by atoms with Gasteiger partial charge in [-0.05, 0) is 12.1 Å². The zero-order valence-corrected chi connectivity index (χ0v) is 11.2. The Morgan fingerprint density at radius 3 is 2.67 bits per heavy atom. The van der Waals surface area contributed by atoms with Crippen LogP contribution in [-0.4, -0.2) is 22.4 Å². The van der Waals surface area contributed by atoms with E-state index in [2.05, 4.69) is 0 Å². The van der Waals surface area contributed by atoms with Crippen molar-refractivity contribution in [1.82, 2.24) is 4.57 Å². The molecule has 0 N–H and O–H groups in total. The number of carbonyl (C=O) groups is 1. The zero-order chi connectivity index (χ0) is 15.4. The maximum atomic E-state index is 12.2. The number of para-hydroxylation sites is 1. The molecule has 1 aromatic carbocycles. The van der Waals surface area contributed by atoms with E-state index in [1.807, 2.05) is 0 Å². The SMILES string of the molecule is COc1ccccc1C(=O)Cn1cc([N+](=O)[O-])ccc1=O. The molecular formula is C14H12N2O5. The van der Waals surface area contributed by atoms with Crippen LogP contribution in [0.25, 0.3) is 0 Å². The number of benzene rings is 1. The first-order valence-electron chi connectivity index (χ1n) is 6.04. The highest BCUT2D eigenvalue weighted by Gasteiger charge is 2.14. The lowest BCUT2D eigenvalue weighted by molar-refractivity contribution is -0.385. The highest BCUT2D eigenvalue weighted by Crippen LogP contribution is 2.18. The molecule has 0 unspecified atom stereocenters. The first-order valence-corrected chi connectivity index (χ1v) is 6.04. The number of pyridine rings is 1. The molecule has 0 atom stereocenters. The van der Waals surface area contributed by atoms with Crippen molar-refractivity contribution in [1.29, 1.82) is 0 Å². The summed E-state index contributed by atoms with van der Waals surface area (Å²) in [6.07, 6.45) is 1.05. The molecule has 2 aromatic rings. The lowest BCUT2D eigenvalue weighted by Crippen LogP contribution is -2.23. The van der Waals surface area contributed by atoms with Gasteiger partial charge in [-0.3, -0.25) is 19.7 Å². The Bertz CT molecular complexity index is 751. The van der Waals surface area contributed by atoms with Crippen molar-refractivity contribution in [2.24, 2.45) is 0 Å². The van der Waals surface area contributed by atoms with Crippen LogP contribution in [0.15, 0.2) is 47.4 Å². The number of hydrogen-bond acceptors (Lipinski definition) is 5. The van der Waals surface area contributed by atoms with Gasteiger partial charge in [0.2, 0.25) is 0 Å². The van der Waals surface area contributed by atoms with E-state index in [-0.39, 0.29) is 18.0 Å². The summed E-state index contributed by atoms with van der Waals surface area (Å²) >= 11 is 0. The van der Waals surface area contributed by atoms with E-state index in [0.29, 0.717) is 11.3 Å². The molecule has 0 aliphatic heterocycles. The number of carbonyl (C=O) groups excluding carboxylic acids is 1. The molecule has 0 radical (unpaired) electrons. The second-order valence-electron chi connectivity index (χ2n) is 4.23. The van der Waals surface area contributed by atoms with Crippen molar-refractivity contribution in [3.63, 3.8) is 0 Å². The summed E-state index contributed by atoms with van der Waals surface area (Å²) in [4.78, 5) is 34.0. The summed E-state index contributed by atoms with van der Waals surface area (Å²) in [5, 5.41) is 10.7. The molecule has 108 valence electrons. The minimum absolute atomic E-state index is 0.248. The van der Waals surface area contributed by atoms with Gasteiger partial charge >= 0.3 is 0 Å². The minimum Gasteiger partial charge on any atom is -0.496 e. The maximum absolute atomic E-state index is 12.2. The summed E-state index contributed by atoms with van der Waals surface area (Å²) in [6, 6.07) is 8.76. The molecule has 0 bridgehead atoms. The van der Waals surface area contributed by atoms with Gasteiger partial charge < -0.3 is 9.30 Å². The molecule has 1 aromatic heterocycles. The van der Waals surface area contributed by atoms with E-state index in [0.717, 1.165) is 22.9 Å². The number of ketones is 1. The normalized spacial score (nSPS) is 10.1. The Morgan fingerprint density at radius 2 is 2.00 bits per heavy atom. The number of rotatable bonds is 5. The van der Waals surface area contributed by atoms with Gasteiger partial charge in [0.15, 0.2) is 5.78 Å². The largest absolute Gasteiger partial charge is 0.496 e. The topological polar surface area (TPSA) is 91.4 Å². The van der Waals surface area contributed by atoms with Crippen LogP contribution in [0.4, 0.5) is 5.69 Å². The summed E-state index contributed by atoms with van der Waals surface area (Å²) in [7, 11) is 1.44. The molecule has 0 amide bonds. The monoisotopic (exact) mass is 288 g/mol. The Labute approximate surface area is 119 Å². The number of nitro groups is 1. The van der Waals surface area contributed by atoms with Crippen molar-refractivity contribution in [2.75, 3.05) is 7.11 Å². The van der Waals surface area contributed by atoms with Gasteiger partial charge in [0, 0.05) is 12.1 Å². The number of hydrogen-bond donors (Lipinski definition) is 0. The maximum Gasteiger partial charge on any atom is 0.285 e. The van der Waals surface area contributed by atoms with Gasteiger partial charge in [-0.1, -0.05) is 12.1 Å². The van der Waals surface area contributed by atoms with Gasteiger partial charge in [-0.2, -0.15) is 0 Å². The number of aromatic nitrogens is 1. The summed E-state index contributed by atoms with van der Waals surface area (Å²) in [5.41, 5.74) is -0.412. The molecule has 0 saturated carbocycles. The standard InChI is InChI=1S/C14H12N2O5/c1-21-13-5-3-2-4-11(13)12(17)9-15-8-10(16(19)20)6-7-14(15)18/h2-8H,9H2,1H3. The van der Waals surface area contributed by atoms with Gasteiger partial charge in [-0.15, -0.1) is 0 Å². The van der Waals surface area contributed by atoms with Crippen LogP contribution < -0.4 is 10.3 Å². The lowest BCUT2D eigenvalue weighted by Gasteiger charge is -2.08. The third-order valence-corrected chi connectivity index (χ3v) is 2.90. The molecule has 1 heterocycles. The molecule has 7 heteroatoms. The zero-order valence-electron chi connectivity index (χ0n) is 11.2. The van der Waals surface area contributed by atoms with E-state index < -0.39 is 10.5 Å². The molecular weight excluding hydrogens is 276 g/mol. The summed E-state index contributed by atoms with van der Waals surface area (Å²) in [6.45, 7) is -0.291. The summed E-state index contributed by atoms with van der Waals surface area (Å²) < 4.78 is 6.09. The number of Topliss-reactive ketones (excluding diaryl/α,β-unsaturated/α-hetero) is 1. The third-order valence-electron chi connectivity index (χ3n) is 2.90. The van der Waals surface area contributed by atoms with Gasteiger partial charge in [0.25, 0.3) is 11.2 Å². The second-order valence-corrected chi connectivity index (χ2v) is 4.23.